The number of benzene rings is 1. The maximum atomic E-state index is 5.71. The van der Waals surface area contributed by atoms with Crippen LogP contribution >= 0.6 is 22.6 Å². The molecule has 130 valence electrons. The first kappa shape index (κ1) is 20.7. The molecule has 23 heavy (non-hydrogen) atoms. The number of halogens is 1. The van der Waals surface area contributed by atoms with Gasteiger partial charge in [0.2, 0.25) is 0 Å². The van der Waals surface area contributed by atoms with Gasteiger partial charge in [0.1, 0.15) is 0 Å². The van der Waals surface area contributed by atoms with Gasteiger partial charge in [-0.3, -0.25) is 0 Å². The zero-order valence-corrected chi connectivity index (χ0v) is 16.9. The van der Waals surface area contributed by atoms with Crippen molar-refractivity contribution in [2.24, 2.45) is 0 Å². The Morgan fingerprint density at radius 3 is 2.35 bits per heavy atom. The van der Waals surface area contributed by atoms with Crippen molar-refractivity contribution in [1.29, 1.82) is 0 Å². The summed E-state index contributed by atoms with van der Waals surface area (Å²) in [6.07, 6.45) is 16.8. The van der Waals surface area contributed by atoms with Crippen molar-refractivity contribution in [2.75, 3.05) is 6.61 Å². The van der Waals surface area contributed by atoms with Crippen molar-refractivity contribution in [1.82, 2.24) is 0 Å². The minimum absolute atomic E-state index is 0.715. The second-order valence-electron chi connectivity index (χ2n) is 6.20. The fourth-order valence-electron chi connectivity index (χ4n) is 2.63. The van der Waals surface area contributed by atoms with E-state index in [0.29, 0.717) is 6.61 Å². The highest BCUT2D eigenvalue weighted by atomic mass is 127. The van der Waals surface area contributed by atoms with Crippen molar-refractivity contribution in [2.45, 2.75) is 75.7 Å². The van der Waals surface area contributed by atoms with E-state index in [1.54, 1.807) is 0 Å². The van der Waals surface area contributed by atoms with E-state index in [1.807, 2.05) is 0 Å². The van der Waals surface area contributed by atoms with Crippen LogP contribution in [0.4, 0.5) is 0 Å². The molecule has 1 nitrogen and oxygen atoms in total. The lowest BCUT2D eigenvalue weighted by atomic mass is 10.1. The lowest BCUT2D eigenvalue weighted by molar-refractivity contribution is 0.148. The molecular formula is C21H33IO. The van der Waals surface area contributed by atoms with Gasteiger partial charge in [-0.2, -0.15) is 0 Å². The first-order chi connectivity index (χ1) is 11.4. The Morgan fingerprint density at radius 1 is 0.913 bits per heavy atom. The molecule has 1 aromatic rings. The number of allylic oxidation sites excluding steroid dienone is 1. The summed E-state index contributed by atoms with van der Waals surface area (Å²) in [6.45, 7) is 3.72. The largest absolute Gasteiger partial charge is 0.373 e. The minimum Gasteiger partial charge on any atom is -0.373 e. The second-order valence-corrected chi connectivity index (χ2v) is 6.97. The van der Waals surface area contributed by atoms with E-state index in [4.69, 9.17) is 4.74 Å². The van der Waals surface area contributed by atoms with Crippen LogP contribution in [0.15, 0.2) is 36.4 Å². The van der Waals surface area contributed by atoms with Gasteiger partial charge in [-0.05, 0) is 24.0 Å². The van der Waals surface area contributed by atoms with E-state index in [-0.39, 0.29) is 0 Å². The Kier molecular flexibility index (Phi) is 13.7. The van der Waals surface area contributed by atoms with Crippen molar-refractivity contribution < 1.29 is 4.74 Å². The van der Waals surface area contributed by atoms with E-state index in [9.17, 15) is 0 Å². The Labute approximate surface area is 157 Å². The van der Waals surface area contributed by atoms with Crippen molar-refractivity contribution >= 4 is 22.6 Å². The van der Waals surface area contributed by atoms with Crippen molar-refractivity contribution in [3.63, 3.8) is 0 Å². The maximum Gasteiger partial charge on any atom is 0.0721 e. The normalized spacial score (nSPS) is 11.4. The number of rotatable bonds is 14. The molecule has 1 rings (SSSR count). The standard InChI is InChI=1S/C21H33IO/c1-2-3-4-5-6-7-8-9-10-11-12-16-23-19-21-15-13-14-20(17-21)18-22/h11-15,17H,2-10,16,18-19H2,1H3. The van der Waals surface area contributed by atoms with Gasteiger partial charge in [0.05, 0.1) is 13.2 Å². The molecule has 0 amide bonds. The lowest BCUT2D eigenvalue weighted by Gasteiger charge is -2.03. The number of hydrogen-bond donors (Lipinski definition) is 0. The maximum absolute atomic E-state index is 5.71. The monoisotopic (exact) mass is 428 g/mol. The highest BCUT2D eigenvalue weighted by Crippen LogP contribution is 2.11. The second kappa shape index (κ2) is 15.2. The van der Waals surface area contributed by atoms with Gasteiger partial charge < -0.3 is 4.74 Å². The highest BCUT2D eigenvalue weighted by molar-refractivity contribution is 14.1. The summed E-state index contributed by atoms with van der Waals surface area (Å²) in [5, 5.41) is 0. The van der Waals surface area contributed by atoms with Crippen LogP contribution < -0.4 is 0 Å². The molecule has 0 heterocycles. The molecule has 0 N–H and O–H groups in total. The van der Waals surface area contributed by atoms with Gasteiger partial charge in [-0.15, -0.1) is 0 Å². The van der Waals surface area contributed by atoms with Gasteiger partial charge in [-0.1, -0.05) is 111 Å². The Balaban J connectivity index is 1.92. The van der Waals surface area contributed by atoms with Crippen LogP contribution in [0.3, 0.4) is 0 Å². The molecule has 0 saturated carbocycles. The first-order valence-electron chi connectivity index (χ1n) is 9.23. The van der Waals surface area contributed by atoms with Gasteiger partial charge in [0.15, 0.2) is 0 Å². The number of unbranched alkanes of at least 4 members (excludes halogenated alkanes) is 8. The summed E-state index contributed by atoms with van der Waals surface area (Å²) < 4.78 is 6.77. The third-order valence-electron chi connectivity index (χ3n) is 4.02. The third-order valence-corrected chi connectivity index (χ3v) is 4.90. The molecule has 0 aliphatic carbocycles. The van der Waals surface area contributed by atoms with Crippen molar-refractivity contribution in [3.05, 3.63) is 47.5 Å². The number of hydrogen-bond acceptors (Lipinski definition) is 1. The Hall–Kier alpha value is -0.350. The molecule has 2 heteroatoms. The minimum atomic E-state index is 0.715. The van der Waals surface area contributed by atoms with Crippen LogP contribution in [0.25, 0.3) is 0 Å². The topological polar surface area (TPSA) is 9.23 Å². The fourth-order valence-corrected chi connectivity index (χ4v) is 3.10. The molecule has 0 fully saturated rings. The SMILES string of the molecule is CCCCCCCCCCC=CCOCc1cccc(CI)c1. The quantitative estimate of drug-likeness (QED) is 0.132. The van der Waals surface area contributed by atoms with Crippen molar-refractivity contribution in [3.8, 4) is 0 Å². The van der Waals surface area contributed by atoms with Crippen LogP contribution in [0.1, 0.15) is 75.8 Å². The number of ether oxygens (including phenoxy) is 1. The molecule has 0 spiro atoms. The summed E-state index contributed by atoms with van der Waals surface area (Å²) in [4.78, 5) is 0. The van der Waals surface area contributed by atoms with E-state index < -0.39 is 0 Å². The molecule has 0 aliphatic rings. The molecule has 0 radical (unpaired) electrons. The molecule has 0 unspecified atom stereocenters. The average Bonchev–Trinajstić information content (AvgIpc) is 2.59. The average molecular weight is 428 g/mol. The molecule has 1 aromatic carbocycles. The zero-order valence-electron chi connectivity index (χ0n) is 14.7. The Bertz CT molecular complexity index is 414. The van der Waals surface area contributed by atoms with E-state index in [2.05, 4.69) is 65.9 Å². The summed E-state index contributed by atoms with van der Waals surface area (Å²) in [5.41, 5.74) is 2.65. The molecular weight excluding hydrogens is 395 g/mol. The predicted octanol–water partition coefficient (Wildman–Crippen LogP) is 7.23. The summed E-state index contributed by atoms with van der Waals surface area (Å²) >= 11 is 2.40. The van der Waals surface area contributed by atoms with Gasteiger partial charge >= 0.3 is 0 Å². The molecule has 0 bridgehead atoms. The summed E-state index contributed by atoms with van der Waals surface area (Å²) in [6, 6.07) is 8.65. The van der Waals surface area contributed by atoms with Gasteiger partial charge in [0, 0.05) is 4.43 Å². The smallest absolute Gasteiger partial charge is 0.0721 e. The van der Waals surface area contributed by atoms with Crippen LogP contribution in [-0.2, 0) is 15.8 Å². The van der Waals surface area contributed by atoms with Gasteiger partial charge in [0.25, 0.3) is 0 Å². The zero-order chi connectivity index (χ0) is 16.6. The Morgan fingerprint density at radius 2 is 1.61 bits per heavy atom. The van der Waals surface area contributed by atoms with Crippen LogP contribution in [0, 0.1) is 0 Å². The van der Waals surface area contributed by atoms with Crippen LogP contribution in [-0.4, -0.2) is 6.61 Å². The summed E-state index contributed by atoms with van der Waals surface area (Å²) in [5.74, 6) is 0. The highest BCUT2D eigenvalue weighted by Gasteiger charge is 1.95. The van der Waals surface area contributed by atoms with Gasteiger partial charge in [-0.25, -0.2) is 0 Å². The molecule has 0 saturated heterocycles. The van der Waals surface area contributed by atoms with Crippen LogP contribution in [0.5, 0.6) is 0 Å². The first-order valence-corrected chi connectivity index (χ1v) is 10.8. The van der Waals surface area contributed by atoms with E-state index >= 15 is 0 Å². The summed E-state index contributed by atoms with van der Waals surface area (Å²) in [7, 11) is 0. The number of alkyl halides is 1. The molecule has 0 aliphatic heterocycles. The van der Waals surface area contributed by atoms with E-state index in [0.717, 1.165) is 11.0 Å². The molecule has 0 atom stereocenters. The lowest BCUT2D eigenvalue weighted by Crippen LogP contribution is -1.93. The van der Waals surface area contributed by atoms with Crippen LogP contribution in [0.2, 0.25) is 0 Å². The predicted molar refractivity (Wildman–Crippen MR) is 110 cm³/mol. The third kappa shape index (κ3) is 11.8. The fraction of sp³-hybridized carbons (Fsp3) is 0.619. The molecule has 0 aromatic heterocycles. The van der Waals surface area contributed by atoms with E-state index in [1.165, 1.54) is 68.9 Å².